The van der Waals surface area contributed by atoms with Crippen LogP contribution in [0.4, 0.5) is 0 Å². The van der Waals surface area contributed by atoms with Crippen LogP contribution >= 0.6 is 0 Å². The second-order valence-electron chi connectivity index (χ2n) is 5.42. The Labute approximate surface area is 145 Å². The maximum Gasteiger partial charge on any atom is 0.271 e. The minimum atomic E-state index is -0.258. The molecule has 25 heavy (non-hydrogen) atoms. The molecule has 1 N–H and O–H groups in total. The van der Waals surface area contributed by atoms with Crippen LogP contribution in [0.25, 0.3) is 11.5 Å². The van der Waals surface area contributed by atoms with Crippen LogP contribution in [-0.4, -0.2) is 34.5 Å². The third kappa shape index (κ3) is 4.20. The molecule has 0 aliphatic heterocycles. The number of benzene rings is 1. The molecule has 0 atom stereocenters. The van der Waals surface area contributed by atoms with E-state index in [9.17, 15) is 4.79 Å². The zero-order valence-corrected chi connectivity index (χ0v) is 14.0. The fourth-order valence-corrected chi connectivity index (χ4v) is 2.19. The zero-order chi connectivity index (χ0) is 17.6. The number of rotatable bonds is 6. The third-order valence-corrected chi connectivity index (χ3v) is 3.57. The van der Waals surface area contributed by atoms with Crippen molar-refractivity contribution >= 4 is 5.91 Å². The Morgan fingerprint density at radius 3 is 2.68 bits per heavy atom. The number of hydrogen-bond donors (Lipinski definition) is 1. The summed E-state index contributed by atoms with van der Waals surface area (Å²) in [6.45, 7) is 2.25. The summed E-state index contributed by atoms with van der Waals surface area (Å²) in [5.74, 6) is 1.05. The number of carbonyl (C=O) groups excluding carboxylic acids is 1. The Hall–Kier alpha value is -3.22. The van der Waals surface area contributed by atoms with E-state index in [1.807, 2.05) is 31.2 Å². The number of ether oxygens (including phenoxy) is 1. The molecule has 0 saturated heterocycles. The van der Waals surface area contributed by atoms with Crippen molar-refractivity contribution in [1.82, 2.24) is 20.3 Å². The van der Waals surface area contributed by atoms with Gasteiger partial charge in [-0.05, 0) is 31.2 Å². The van der Waals surface area contributed by atoms with E-state index in [0.717, 1.165) is 22.7 Å². The molecule has 128 valence electrons. The van der Waals surface area contributed by atoms with Crippen LogP contribution in [0.1, 0.15) is 21.9 Å². The lowest BCUT2D eigenvalue weighted by Crippen LogP contribution is -2.26. The molecule has 2 aromatic heterocycles. The van der Waals surface area contributed by atoms with Gasteiger partial charge in [-0.1, -0.05) is 0 Å². The van der Waals surface area contributed by atoms with Gasteiger partial charge in [0.25, 0.3) is 5.91 Å². The molecule has 0 saturated carbocycles. The predicted molar refractivity (Wildman–Crippen MR) is 91.3 cm³/mol. The summed E-state index contributed by atoms with van der Waals surface area (Å²) < 4.78 is 10.6. The largest absolute Gasteiger partial charge is 0.497 e. The number of hydrogen-bond acceptors (Lipinski definition) is 6. The zero-order valence-electron chi connectivity index (χ0n) is 14.0. The van der Waals surface area contributed by atoms with Gasteiger partial charge in [0.15, 0.2) is 0 Å². The van der Waals surface area contributed by atoms with E-state index in [0.29, 0.717) is 24.6 Å². The molecule has 3 rings (SSSR count). The third-order valence-electron chi connectivity index (χ3n) is 3.57. The van der Waals surface area contributed by atoms with Crippen LogP contribution in [0, 0.1) is 6.92 Å². The van der Waals surface area contributed by atoms with Gasteiger partial charge >= 0.3 is 0 Å². The van der Waals surface area contributed by atoms with Crippen molar-refractivity contribution < 1.29 is 13.9 Å². The molecule has 0 spiro atoms. The van der Waals surface area contributed by atoms with E-state index in [1.54, 1.807) is 19.6 Å². The number of amides is 1. The molecular formula is C18H18N4O3. The standard InChI is InChI=1S/C18H18N4O3/c1-12-9-21-16(10-20-12)17(23)19-8-7-14-11-25-18(22-14)13-3-5-15(24-2)6-4-13/h3-6,9-11H,7-8H2,1-2H3,(H,19,23). The highest BCUT2D eigenvalue weighted by molar-refractivity contribution is 5.91. The molecular weight excluding hydrogens is 320 g/mol. The van der Waals surface area contributed by atoms with Crippen LogP contribution in [0.15, 0.2) is 47.3 Å². The van der Waals surface area contributed by atoms with Crippen molar-refractivity contribution in [3.05, 3.63) is 60.0 Å². The minimum Gasteiger partial charge on any atom is -0.497 e. The van der Waals surface area contributed by atoms with Crippen LogP contribution in [-0.2, 0) is 6.42 Å². The summed E-state index contributed by atoms with van der Waals surface area (Å²) in [4.78, 5) is 24.5. The van der Waals surface area contributed by atoms with Gasteiger partial charge < -0.3 is 14.5 Å². The Bertz CT molecular complexity index is 842. The molecule has 0 aliphatic carbocycles. The summed E-state index contributed by atoms with van der Waals surface area (Å²) in [5, 5.41) is 2.79. The van der Waals surface area contributed by atoms with Gasteiger partial charge in [0.2, 0.25) is 5.89 Å². The Morgan fingerprint density at radius 1 is 1.20 bits per heavy atom. The Kier molecular flexibility index (Phi) is 5.03. The van der Waals surface area contributed by atoms with E-state index in [-0.39, 0.29) is 5.91 Å². The molecule has 1 amide bonds. The van der Waals surface area contributed by atoms with Crippen molar-refractivity contribution in [2.75, 3.05) is 13.7 Å². The lowest BCUT2D eigenvalue weighted by molar-refractivity contribution is 0.0948. The number of nitrogens with one attached hydrogen (secondary N) is 1. The fraction of sp³-hybridized carbons (Fsp3) is 0.222. The number of oxazole rings is 1. The molecule has 3 aromatic rings. The molecule has 0 aliphatic rings. The molecule has 0 bridgehead atoms. The van der Waals surface area contributed by atoms with Gasteiger partial charge in [0.05, 0.1) is 24.7 Å². The molecule has 7 nitrogen and oxygen atoms in total. The van der Waals surface area contributed by atoms with E-state index >= 15 is 0 Å². The van der Waals surface area contributed by atoms with Gasteiger partial charge in [-0.3, -0.25) is 9.78 Å². The first-order chi connectivity index (χ1) is 12.2. The van der Waals surface area contributed by atoms with Crippen LogP contribution < -0.4 is 10.1 Å². The van der Waals surface area contributed by atoms with E-state index in [4.69, 9.17) is 9.15 Å². The topological polar surface area (TPSA) is 90.1 Å². The molecule has 7 heteroatoms. The van der Waals surface area contributed by atoms with Crippen molar-refractivity contribution in [3.63, 3.8) is 0 Å². The summed E-state index contributed by atoms with van der Waals surface area (Å²) in [5.41, 5.74) is 2.70. The highest BCUT2D eigenvalue weighted by Crippen LogP contribution is 2.21. The first-order valence-corrected chi connectivity index (χ1v) is 7.81. The molecule has 0 unspecified atom stereocenters. The highest BCUT2D eigenvalue weighted by Gasteiger charge is 2.09. The van der Waals surface area contributed by atoms with Crippen LogP contribution in [0.5, 0.6) is 5.75 Å². The van der Waals surface area contributed by atoms with Crippen molar-refractivity contribution in [2.24, 2.45) is 0 Å². The van der Waals surface area contributed by atoms with Gasteiger partial charge in [-0.25, -0.2) is 9.97 Å². The SMILES string of the molecule is COc1ccc(-c2nc(CCNC(=O)c3cnc(C)cn3)co2)cc1. The summed E-state index contributed by atoms with van der Waals surface area (Å²) in [6.07, 6.45) is 5.18. The Balaban J connectivity index is 1.54. The van der Waals surface area contributed by atoms with E-state index in [1.165, 1.54) is 6.20 Å². The lowest BCUT2D eigenvalue weighted by Gasteiger charge is -2.03. The van der Waals surface area contributed by atoms with Crippen molar-refractivity contribution in [1.29, 1.82) is 0 Å². The first kappa shape index (κ1) is 16.6. The molecule has 0 radical (unpaired) electrons. The van der Waals surface area contributed by atoms with Crippen LogP contribution in [0.3, 0.4) is 0 Å². The highest BCUT2D eigenvalue weighted by atomic mass is 16.5. The average Bonchev–Trinajstić information content (AvgIpc) is 3.11. The van der Waals surface area contributed by atoms with Crippen LogP contribution in [0.2, 0.25) is 0 Å². The number of aryl methyl sites for hydroxylation is 1. The monoisotopic (exact) mass is 338 g/mol. The van der Waals surface area contributed by atoms with Crippen molar-refractivity contribution in [3.8, 4) is 17.2 Å². The van der Waals surface area contributed by atoms with E-state index < -0.39 is 0 Å². The molecule has 2 heterocycles. The van der Waals surface area contributed by atoms with Crippen molar-refractivity contribution in [2.45, 2.75) is 13.3 Å². The quantitative estimate of drug-likeness (QED) is 0.742. The molecule has 1 aromatic carbocycles. The van der Waals surface area contributed by atoms with Gasteiger partial charge in [0.1, 0.15) is 17.7 Å². The smallest absolute Gasteiger partial charge is 0.271 e. The lowest BCUT2D eigenvalue weighted by atomic mass is 10.2. The summed E-state index contributed by atoms with van der Waals surface area (Å²) >= 11 is 0. The maximum absolute atomic E-state index is 12.0. The first-order valence-electron chi connectivity index (χ1n) is 7.81. The number of carbonyl (C=O) groups is 1. The minimum absolute atomic E-state index is 0.258. The summed E-state index contributed by atoms with van der Waals surface area (Å²) in [7, 11) is 1.62. The second kappa shape index (κ2) is 7.57. The van der Waals surface area contributed by atoms with Gasteiger partial charge in [0, 0.05) is 24.7 Å². The second-order valence-corrected chi connectivity index (χ2v) is 5.42. The molecule has 0 fully saturated rings. The number of nitrogens with zero attached hydrogens (tertiary/aromatic N) is 3. The van der Waals surface area contributed by atoms with Gasteiger partial charge in [-0.15, -0.1) is 0 Å². The summed E-state index contributed by atoms with van der Waals surface area (Å²) in [6, 6.07) is 7.46. The average molecular weight is 338 g/mol. The van der Waals surface area contributed by atoms with E-state index in [2.05, 4.69) is 20.3 Å². The number of aromatic nitrogens is 3. The predicted octanol–water partition coefficient (Wildman–Crippen LogP) is 2.42. The fourth-order valence-electron chi connectivity index (χ4n) is 2.19. The number of methoxy groups -OCH3 is 1. The van der Waals surface area contributed by atoms with Gasteiger partial charge in [-0.2, -0.15) is 0 Å². The normalized spacial score (nSPS) is 10.5. The Morgan fingerprint density at radius 2 is 2.00 bits per heavy atom. The maximum atomic E-state index is 12.0.